The smallest absolute Gasteiger partial charge is 0.300 e. The van der Waals surface area contributed by atoms with Crippen molar-refractivity contribution in [2.45, 2.75) is 46.5 Å². The summed E-state index contributed by atoms with van der Waals surface area (Å²) in [6.45, 7) is 4.61. The highest BCUT2D eigenvalue weighted by atomic mass is 35.5. The summed E-state index contributed by atoms with van der Waals surface area (Å²) in [5, 5.41) is 0.1000. The van der Waals surface area contributed by atoms with Crippen LogP contribution in [0.1, 0.15) is 56.0 Å². The zero-order chi connectivity index (χ0) is 18.1. The molecule has 1 aliphatic carbocycles. The predicted molar refractivity (Wildman–Crippen MR) is 89.5 cm³/mol. The van der Waals surface area contributed by atoms with Gasteiger partial charge >= 0.3 is 5.97 Å². The second-order valence-corrected chi connectivity index (χ2v) is 6.79. The van der Waals surface area contributed by atoms with Crippen LogP contribution in [-0.4, -0.2) is 17.5 Å². The zero-order valence-electron chi connectivity index (χ0n) is 13.7. The molecule has 0 aromatic heterocycles. The van der Waals surface area contributed by atoms with Crippen LogP contribution >= 0.6 is 23.2 Å². The average Bonchev–Trinajstić information content (AvgIpc) is 2.80. The van der Waals surface area contributed by atoms with Crippen LogP contribution in [0.5, 0.6) is 5.75 Å². The number of carbonyl (C=O) groups excluding carboxylic acids is 3. The number of benzene rings is 1. The standard InChI is InChI=1S/C17H18Cl2O5/c1-4-17(6-5-9(2)20)8-11-7-12(24-23-10(3)21)14(18)15(19)13(11)16(17)22/h7H,4-6,8H2,1-3H3. The molecule has 0 fully saturated rings. The minimum absolute atomic E-state index is 0.0171. The maximum Gasteiger partial charge on any atom is 0.352 e. The fourth-order valence-electron chi connectivity index (χ4n) is 2.99. The largest absolute Gasteiger partial charge is 0.352 e. The van der Waals surface area contributed by atoms with Crippen LogP contribution in [0.3, 0.4) is 0 Å². The molecule has 2 rings (SSSR count). The number of carbonyl (C=O) groups is 3. The fraction of sp³-hybridized carbons (Fsp3) is 0.471. The summed E-state index contributed by atoms with van der Waals surface area (Å²) < 4.78 is 0. The Bertz CT molecular complexity index is 713. The number of Topliss-reactive ketones (excluding diaryl/α,β-unsaturated/α-hetero) is 2. The van der Waals surface area contributed by atoms with Gasteiger partial charge in [0.25, 0.3) is 0 Å². The van der Waals surface area contributed by atoms with E-state index in [-0.39, 0.29) is 27.4 Å². The van der Waals surface area contributed by atoms with Gasteiger partial charge in [0, 0.05) is 24.3 Å². The molecule has 1 aromatic rings. The second kappa shape index (κ2) is 7.11. The lowest BCUT2D eigenvalue weighted by Gasteiger charge is -2.25. The van der Waals surface area contributed by atoms with Crippen LogP contribution in [0.2, 0.25) is 10.0 Å². The molecule has 0 bridgehead atoms. The Morgan fingerprint density at radius 3 is 2.46 bits per heavy atom. The van der Waals surface area contributed by atoms with Gasteiger partial charge in [-0.25, -0.2) is 4.79 Å². The van der Waals surface area contributed by atoms with Gasteiger partial charge < -0.3 is 4.79 Å². The molecule has 1 unspecified atom stereocenters. The molecule has 130 valence electrons. The summed E-state index contributed by atoms with van der Waals surface area (Å²) in [5.74, 6) is -0.619. The highest BCUT2D eigenvalue weighted by Crippen LogP contribution is 2.49. The lowest BCUT2D eigenvalue weighted by molar-refractivity contribution is -0.210. The van der Waals surface area contributed by atoms with Crippen LogP contribution in [-0.2, 0) is 20.9 Å². The van der Waals surface area contributed by atoms with E-state index in [9.17, 15) is 14.4 Å². The Kier molecular flexibility index (Phi) is 5.56. The molecule has 0 N–H and O–H groups in total. The molecule has 1 atom stereocenters. The highest BCUT2D eigenvalue weighted by Gasteiger charge is 2.46. The van der Waals surface area contributed by atoms with Crippen molar-refractivity contribution >= 4 is 40.7 Å². The lowest BCUT2D eigenvalue weighted by atomic mass is 9.76. The van der Waals surface area contributed by atoms with Gasteiger partial charge in [0.1, 0.15) is 10.8 Å². The summed E-state index contributed by atoms with van der Waals surface area (Å²) in [5.41, 5.74) is 0.380. The van der Waals surface area contributed by atoms with Gasteiger partial charge in [0.15, 0.2) is 11.5 Å². The van der Waals surface area contributed by atoms with Crippen LogP contribution in [0.25, 0.3) is 0 Å². The van der Waals surface area contributed by atoms with Crippen molar-refractivity contribution in [1.29, 1.82) is 0 Å². The first kappa shape index (κ1) is 18.7. The van der Waals surface area contributed by atoms with Gasteiger partial charge in [0.05, 0.1) is 5.02 Å². The Balaban J connectivity index is 2.41. The van der Waals surface area contributed by atoms with E-state index >= 15 is 0 Å². The molecule has 5 nitrogen and oxygen atoms in total. The topological polar surface area (TPSA) is 69.7 Å². The molecule has 0 radical (unpaired) electrons. The van der Waals surface area contributed by atoms with E-state index in [0.717, 1.165) is 0 Å². The third-order valence-corrected chi connectivity index (χ3v) is 5.22. The average molecular weight is 373 g/mol. The molecule has 1 aliphatic rings. The van der Waals surface area contributed by atoms with E-state index < -0.39 is 11.4 Å². The first-order chi connectivity index (χ1) is 11.2. The minimum atomic E-state index is -0.666. The van der Waals surface area contributed by atoms with Crippen molar-refractivity contribution in [2.75, 3.05) is 0 Å². The molecular weight excluding hydrogens is 355 g/mol. The predicted octanol–water partition coefficient (Wildman–Crippen LogP) is 4.35. The number of halogens is 2. The molecule has 7 heteroatoms. The summed E-state index contributed by atoms with van der Waals surface area (Å²) in [7, 11) is 0. The van der Waals surface area contributed by atoms with Crippen molar-refractivity contribution in [3.8, 4) is 5.75 Å². The van der Waals surface area contributed by atoms with Crippen LogP contribution in [0, 0.1) is 5.41 Å². The van der Waals surface area contributed by atoms with Crippen molar-refractivity contribution < 1.29 is 24.2 Å². The van der Waals surface area contributed by atoms with E-state index in [1.165, 1.54) is 13.8 Å². The van der Waals surface area contributed by atoms with E-state index in [4.69, 9.17) is 28.1 Å². The van der Waals surface area contributed by atoms with Crippen LogP contribution < -0.4 is 4.89 Å². The molecule has 0 amide bonds. The normalized spacial score (nSPS) is 19.1. The fourth-order valence-corrected chi connectivity index (χ4v) is 3.47. The van der Waals surface area contributed by atoms with Crippen molar-refractivity contribution in [2.24, 2.45) is 5.41 Å². The highest BCUT2D eigenvalue weighted by molar-refractivity contribution is 6.45. The first-order valence-corrected chi connectivity index (χ1v) is 8.37. The van der Waals surface area contributed by atoms with Gasteiger partial charge in [-0.05, 0) is 37.8 Å². The van der Waals surface area contributed by atoms with Gasteiger partial charge in [-0.15, -0.1) is 0 Å². The number of fused-ring (bicyclic) bond motifs is 1. The molecular formula is C17H18Cl2O5. The minimum Gasteiger partial charge on any atom is -0.300 e. The van der Waals surface area contributed by atoms with Gasteiger partial charge in [-0.2, -0.15) is 0 Å². The molecule has 0 saturated carbocycles. The van der Waals surface area contributed by atoms with E-state index in [0.29, 0.717) is 36.8 Å². The van der Waals surface area contributed by atoms with Gasteiger partial charge in [-0.3, -0.25) is 14.6 Å². The summed E-state index contributed by atoms with van der Waals surface area (Å²) in [6.07, 6.45) is 1.82. The second-order valence-electron chi connectivity index (χ2n) is 6.04. The lowest BCUT2D eigenvalue weighted by Crippen LogP contribution is -2.28. The Hall–Kier alpha value is -1.59. The summed E-state index contributed by atoms with van der Waals surface area (Å²) >= 11 is 12.4. The number of hydrogen-bond acceptors (Lipinski definition) is 5. The summed E-state index contributed by atoms with van der Waals surface area (Å²) in [6, 6.07) is 1.57. The Morgan fingerprint density at radius 1 is 1.25 bits per heavy atom. The zero-order valence-corrected chi connectivity index (χ0v) is 15.2. The van der Waals surface area contributed by atoms with Gasteiger partial charge in [0.2, 0.25) is 0 Å². The monoisotopic (exact) mass is 372 g/mol. The molecule has 0 saturated heterocycles. The van der Waals surface area contributed by atoms with Crippen LogP contribution in [0.15, 0.2) is 6.07 Å². The molecule has 0 spiro atoms. The first-order valence-electron chi connectivity index (χ1n) is 7.62. The van der Waals surface area contributed by atoms with Crippen molar-refractivity contribution in [3.05, 3.63) is 27.2 Å². The molecule has 0 aliphatic heterocycles. The molecule has 0 heterocycles. The maximum atomic E-state index is 12.9. The maximum absolute atomic E-state index is 12.9. The quantitative estimate of drug-likeness (QED) is 0.548. The number of rotatable bonds is 6. The van der Waals surface area contributed by atoms with E-state index in [1.807, 2.05) is 6.92 Å². The molecule has 1 aromatic carbocycles. The third-order valence-electron chi connectivity index (χ3n) is 4.37. The number of ketones is 2. The Labute approximate surface area is 150 Å². The summed E-state index contributed by atoms with van der Waals surface area (Å²) in [4.78, 5) is 44.6. The van der Waals surface area contributed by atoms with Crippen molar-refractivity contribution in [1.82, 2.24) is 0 Å². The number of hydrogen-bond donors (Lipinski definition) is 0. The third kappa shape index (κ3) is 3.42. The SMILES string of the molecule is CCC1(CCC(C)=O)Cc2cc(OOC(C)=O)c(Cl)c(Cl)c2C1=O. The van der Waals surface area contributed by atoms with Crippen LogP contribution in [0.4, 0.5) is 0 Å². The molecule has 24 heavy (non-hydrogen) atoms. The van der Waals surface area contributed by atoms with Crippen molar-refractivity contribution in [3.63, 3.8) is 0 Å². The Morgan fingerprint density at radius 2 is 1.92 bits per heavy atom. The van der Waals surface area contributed by atoms with Gasteiger partial charge in [-0.1, -0.05) is 30.1 Å². The van der Waals surface area contributed by atoms with E-state index in [1.54, 1.807) is 6.07 Å². The van der Waals surface area contributed by atoms with E-state index in [2.05, 4.69) is 4.89 Å².